The van der Waals surface area contributed by atoms with Gasteiger partial charge in [0, 0.05) is 49.2 Å². The molecule has 0 aliphatic heterocycles. The molecule has 0 spiro atoms. The van der Waals surface area contributed by atoms with E-state index in [0.29, 0.717) is 30.0 Å². The molecule has 160 valence electrons. The first-order valence-corrected chi connectivity index (χ1v) is 10.6. The number of benzene rings is 1. The average molecular weight is 431 g/mol. The lowest BCUT2D eigenvalue weighted by Crippen LogP contribution is -2.30. The summed E-state index contributed by atoms with van der Waals surface area (Å²) in [4.78, 5) is 49.3. The molecule has 2 amide bonds. The third kappa shape index (κ3) is 8.16. The molecule has 0 saturated carbocycles. The first kappa shape index (κ1) is 23.3. The summed E-state index contributed by atoms with van der Waals surface area (Å²) in [6, 6.07) is 9.70. The second-order valence-electron chi connectivity index (χ2n) is 6.88. The van der Waals surface area contributed by atoms with Gasteiger partial charge in [-0.05, 0) is 43.7 Å². The van der Waals surface area contributed by atoms with Crippen LogP contribution in [0.1, 0.15) is 57.0 Å². The molecule has 1 aromatic heterocycles. The molecule has 2 rings (SSSR count). The van der Waals surface area contributed by atoms with Gasteiger partial charge in [0.1, 0.15) is 11.5 Å². The van der Waals surface area contributed by atoms with Gasteiger partial charge in [0.2, 0.25) is 5.91 Å². The Bertz CT molecular complexity index is 906. The number of aryl methyl sites for hydroxylation is 1. The Morgan fingerprint density at radius 2 is 1.67 bits per heavy atom. The second-order valence-corrected chi connectivity index (χ2v) is 8.17. The molecular formula is C22H26N2O5S. The predicted molar refractivity (Wildman–Crippen MR) is 115 cm³/mol. The van der Waals surface area contributed by atoms with E-state index >= 15 is 0 Å². The lowest BCUT2D eigenvalue weighted by molar-refractivity contribution is -0.125. The molecule has 0 atom stereocenters. The minimum atomic E-state index is -0.296. The summed E-state index contributed by atoms with van der Waals surface area (Å²) >= 11 is 1.42. The topological polar surface area (TPSA) is 113 Å². The Hall–Kier alpha value is -3.00. The van der Waals surface area contributed by atoms with Crippen molar-refractivity contribution in [2.24, 2.45) is 0 Å². The molecule has 7 nitrogen and oxygen atoms in total. The molecule has 0 radical (unpaired) electrons. The zero-order valence-corrected chi connectivity index (χ0v) is 17.7. The molecule has 8 heteroatoms. The highest BCUT2D eigenvalue weighted by molar-refractivity contribution is 7.14. The zero-order valence-electron chi connectivity index (χ0n) is 16.9. The molecule has 2 aromatic rings. The largest absolute Gasteiger partial charge is 0.508 e. The highest BCUT2D eigenvalue weighted by Gasteiger charge is 2.12. The van der Waals surface area contributed by atoms with Crippen LogP contribution in [0.3, 0.4) is 0 Å². The summed E-state index contributed by atoms with van der Waals surface area (Å²) in [5.74, 6) is -0.655. The van der Waals surface area contributed by atoms with Gasteiger partial charge in [-0.1, -0.05) is 6.07 Å². The average Bonchev–Trinajstić information content (AvgIpc) is 3.16. The fraction of sp³-hybridized carbons (Fsp3) is 0.364. The van der Waals surface area contributed by atoms with Crippen molar-refractivity contribution in [1.29, 1.82) is 0 Å². The van der Waals surface area contributed by atoms with Crippen molar-refractivity contribution in [2.45, 2.75) is 39.0 Å². The third-order valence-electron chi connectivity index (χ3n) is 4.35. The Morgan fingerprint density at radius 3 is 2.37 bits per heavy atom. The molecule has 30 heavy (non-hydrogen) atoms. The van der Waals surface area contributed by atoms with Gasteiger partial charge in [-0.15, -0.1) is 11.3 Å². The first-order valence-electron chi connectivity index (χ1n) is 9.80. The Morgan fingerprint density at radius 1 is 0.933 bits per heavy atom. The van der Waals surface area contributed by atoms with Gasteiger partial charge < -0.3 is 15.7 Å². The highest BCUT2D eigenvalue weighted by atomic mass is 32.1. The van der Waals surface area contributed by atoms with E-state index in [9.17, 15) is 24.3 Å². The monoisotopic (exact) mass is 430 g/mol. The van der Waals surface area contributed by atoms with Gasteiger partial charge >= 0.3 is 0 Å². The van der Waals surface area contributed by atoms with Gasteiger partial charge in [-0.2, -0.15) is 0 Å². The quantitative estimate of drug-likeness (QED) is 0.354. The number of amides is 2. The fourth-order valence-electron chi connectivity index (χ4n) is 2.69. The van der Waals surface area contributed by atoms with Crippen molar-refractivity contribution in [3.63, 3.8) is 0 Å². The van der Waals surface area contributed by atoms with E-state index in [4.69, 9.17) is 0 Å². The number of ketones is 2. The summed E-state index contributed by atoms with van der Waals surface area (Å²) in [5.41, 5.74) is 0.366. The predicted octanol–water partition coefficient (Wildman–Crippen LogP) is 3.01. The van der Waals surface area contributed by atoms with Crippen LogP contribution in [-0.2, 0) is 9.59 Å². The van der Waals surface area contributed by atoms with Crippen molar-refractivity contribution >= 4 is 34.7 Å². The van der Waals surface area contributed by atoms with E-state index in [1.807, 2.05) is 13.0 Å². The minimum absolute atomic E-state index is 0.0236. The third-order valence-corrected chi connectivity index (χ3v) is 5.39. The van der Waals surface area contributed by atoms with Gasteiger partial charge in [-0.25, -0.2) is 0 Å². The number of rotatable bonds is 12. The molecule has 0 aliphatic rings. The summed E-state index contributed by atoms with van der Waals surface area (Å²) in [6.07, 6.45) is 1.04. The van der Waals surface area contributed by atoms with E-state index in [2.05, 4.69) is 10.6 Å². The van der Waals surface area contributed by atoms with Crippen LogP contribution in [0.2, 0.25) is 0 Å². The number of nitrogens with one attached hydrogen (secondary N) is 2. The Labute approximate surface area is 179 Å². The summed E-state index contributed by atoms with van der Waals surface area (Å²) in [6.45, 7) is 2.68. The van der Waals surface area contributed by atoms with Crippen molar-refractivity contribution < 1.29 is 24.3 Å². The van der Waals surface area contributed by atoms with Crippen molar-refractivity contribution in [3.8, 4) is 5.75 Å². The van der Waals surface area contributed by atoms with Crippen LogP contribution in [-0.4, -0.2) is 41.6 Å². The van der Waals surface area contributed by atoms with Crippen LogP contribution >= 0.6 is 11.3 Å². The number of carbonyl (C=O) groups excluding carboxylic acids is 4. The smallest absolute Gasteiger partial charge is 0.251 e. The van der Waals surface area contributed by atoms with Crippen molar-refractivity contribution in [1.82, 2.24) is 10.6 Å². The molecule has 0 fully saturated rings. The Balaban J connectivity index is 1.53. The van der Waals surface area contributed by atoms with E-state index in [0.717, 1.165) is 4.88 Å². The van der Waals surface area contributed by atoms with Crippen LogP contribution in [0.5, 0.6) is 5.75 Å². The lowest BCUT2D eigenvalue weighted by Gasteiger charge is -2.07. The van der Waals surface area contributed by atoms with E-state index in [-0.39, 0.29) is 54.8 Å². The number of carbonyl (C=O) groups is 4. The van der Waals surface area contributed by atoms with E-state index in [1.165, 1.54) is 23.5 Å². The van der Waals surface area contributed by atoms with Crippen molar-refractivity contribution in [3.05, 3.63) is 51.7 Å². The first-order chi connectivity index (χ1) is 14.3. The van der Waals surface area contributed by atoms with E-state index < -0.39 is 0 Å². The zero-order chi connectivity index (χ0) is 21.9. The highest BCUT2D eigenvalue weighted by Crippen LogP contribution is 2.17. The van der Waals surface area contributed by atoms with Gasteiger partial charge in [0.25, 0.3) is 5.91 Å². The molecule has 1 heterocycles. The number of aromatic hydroxyl groups is 1. The molecule has 0 unspecified atom stereocenters. The maximum absolute atomic E-state index is 12.0. The minimum Gasteiger partial charge on any atom is -0.508 e. The van der Waals surface area contributed by atoms with Gasteiger partial charge in [0.05, 0.1) is 4.88 Å². The maximum atomic E-state index is 12.0. The fourth-order valence-corrected chi connectivity index (χ4v) is 3.53. The van der Waals surface area contributed by atoms with Crippen molar-refractivity contribution in [2.75, 3.05) is 13.1 Å². The van der Waals surface area contributed by atoms with Crippen LogP contribution in [0.15, 0.2) is 36.4 Å². The molecule has 0 aliphatic carbocycles. The SMILES string of the molecule is Cc1ccc(C(=O)CCC(=O)CCC(=O)NCCCNC(=O)c2cccc(O)c2)s1. The molecule has 0 bridgehead atoms. The van der Waals surface area contributed by atoms with Gasteiger partial charge in [-0.3, -0.25) is 19.2 Å². The van der Waals surface area contributed by atoms with Crippen LogP contribution in [0.4, 0.5) is 0 Å². The van der Waals surface area contributed by atoms with Crippen LogP contribution in [0.25, 0.3) is 0 Å². The van der Waals surface area contributed by atoms with Crippen LogP contribution in [0, 0.1) is 6.92 Å². The number of hydrogen-bond acceptors (Lipinski definition) is 6. The summed E-state index contributed by atoms with van der Waals surface area (Å²) in [5, 5.41) is 14.8. The summed E-state index contributed by atoms with van der Waals surface area (Å²) in [7, 11) is 0. The second kappa shape index (κ2) is 11.9. The van der Waals surface area contributed by atoms with Gasteiger partial charge in [0.15, 0.2) is 5.78 Å². The number of phenolic OH excluding ortho intramolecular Hbond substituents is 1. The normalized spacial score (nSPS) is 10.4. The molecule has 3 N–H and O–H groups in total. The molecule has 1 aromatic carbocycles. The number of thiophene rings is 1. The Kier molecular flexibility index (Phi) is 9.21. The van der Waals surface area contributed by atoms with E-state index in [1.54, 1.807) is 18.2 Å². The number of phenols is 1. The standard InChI is InChI=1S/C22H26N2O5S/c1-15-6-10-20(30-15)19(27)9-7-17(25)8-11-21(28)23-12-3-13-24-22(29)16-4-2-5-18(26)14-16/h2,4-6,10,14,26H,3,7-9,11-13H2,1H3,(H,23,28)(H,24,29). The van der Waals surface area contributed by atoms with Crippen LogP contribution < -0.4 is 10.6 Å². The molecule has 0 saturated heterocycles. The number of hydrogen-bond donors (Lipinski definition) is 3. The maximum Gasteiger partial charge on any atom is 0.251 e. The summed E-state index contributed by atoms with van der Waals surface area (Å²) < 4.78 is 0. The molecular weight excluding hydrogens is 404 g/mol. The lowest BCUT2D eigenvalue weighted by atomic mass is 10.1. The number of Topliss-reactive ketones (excluding diaryl/α,β-unsaturated/α-hetero) is 2.